The van der Waals surface area contributed by atoms with E-state index in [9.17, 15) is 27.6 Å². The highest BCUT2D eigenvalue weighted by atomic mass is 19.4. The van der Waals surface area contributed by atoms with E-state index in [1.807, 2.05) is 0 Å². The quantitative estimate of drug-likeness (QED) is 0.381. The zero-order chi connectivity index (χ0) is 11.4. The highest BCUT2D eigenvalue weighted by Gasteiger charge is 2.43. The molecule has 80 valence electrons. The molecule has 0 saturated heterocycles. The summed E-state index contributed by atoms with van der Waals surface area (Å²) >= 11 is 0. The molecule has 0 spiro atoms. The van der Waals surface area contributed by atoms with Gasteiger partial charge in [-0.05, 0) is 0 Å². The Morgan fingerprint density at radius 1 is 1.14 bits per heavy atom. The van der Waals surface area contributed by atoms with Crippen LogP contribution < -0.4 is 0 Å². The molecule has 0 aromatic rings. The molecule has 0 bridgehead atoms. The van der Waals surface area contributed by atoms with Crippen molar-refractivity contribution in [3.63, 3.8) is 0 Å². The van der Waals surface area contributed by atoms with Gasteiger partial charge >= 0.3 is 18.1 Å². The first-order valence-electron chi connectivity index (χ1n) is 3.31. The van der Waals surface area contributed by atoms with Gasteiger partial charge < -0.3 is 0 Å². The fourth-order valence-electron chi connectivity index (χ4n) is 0.314. The molecule has 0 rings (SSSR count). The van der Waals surface area contributed by atoms with Crippen molar-refractivity contribution in [2.24, 2.45) is 0 Å². The zero-order valence-electron chi connectivity index (χ0n) is 6.88. The minimum atomic E-state index is -5.27. The average molecular weight is 214 g/mol. The van der Waals surface area contributed by atoms with Gasteiger partial charge in [-0.2, -0.15) is 13.2 Å². The van der Waals surface area contributed by atoms with Gasteiger partial charge in [0.05, 0.1) is 0 Å². The first-order valence-corrected chi connectivity index (χ1v) is 3.31. The molecule has 0 atom stereocenters. The number of Topliss-reactive ketones (excluding diaryl/α,β-unsaturated/α-hetero) is 1. The van der Waals surface area contributed by atoms with Crippen molar-refractivity contribution in [3.8, 4) is 0 Å². The molecule has 0 N–H and O–H groups in total. The maximum atomic E-state index is 11.4. The number of carbonyl (C=O) groups is 3. The summed E-state index contributed by atoms with van der Waals surface area (Å²) in [7, 11) is 0. The number of ketones is 1. The topological polar surface area (TPSA) is 69.7 Å². The molecular formula is C6H5F3O5. The van der Waals surface area contributed by atoms with Crippen molar-refractivity contribution in [1.82, 2.24) is 0 Å². The van der Waals surface area contributed by atoms with E-state index in [0.29, 0.717) is 0 Å². The summed E-state index contributed by atoms with van der Waals surface area (Å²) in [6.07, 6.45) is -5.53. The molecule has 5 nitrogen and oxygen atoms in total. The molecule has 0 aromatic heterocycles. The van der Waals surface area contributed by atoms with Gasteiger partial charge in [0.1, 0.15) is 0 Å². The first-order chi connectivity index (χ1) is 6.29. The predicted octanol–water partition coefficient (Wildman–Crippen LogP) is 0.529. The van der Waals surface area contributed by atoms with E-state index >= 15 is 0 Å². The Labute approximate surface area is 75.7 Å². The van der Waals surface area contributed by atoms with Gasteiger partial charge in [-0.25, -0.2) is 19.4 Å². The third-order valence-corrected chi connectivity index (χ3v) is 0.973. The Morgan fingerprint density at radius 2 is 1.64 bits per heavy atom. The second kappa shape index (κ2) is 4.58. The Morgan fingerprint density at radius 3 is 2.00 bits per heavy atom. The van der Waals surface area contributed by atoms with Crippen LogP contribution in [0, 0.1) is 0 Å². The van der Waals surface area contributed by atoms with Crippen LogP contribution in [0.15, 0.2) is 0 Å². The second-order valence-electron chi connectivity index (χ2n) is 2.02. The molecule has 0 aromatic carbocycles. The lowest BCUT2D eigenvalue weighted by Gasteiger charge is -2.03. The van der Waals surface area contributed by atoms with E-state index in [2.05, 4.69) is 9.78 Å². The summed E-state index contributed by atoms with van der Waals surface area (Å²) in [6, 6.07) is 0. The van der Waals surface area contributed by atoms with E-state index in [1.54, 1.807) is 0 Å². The standard InChI is InChI=1S/C6H5F3O5/c1-2-3(10)4(11)13-14-5(12)6(7,8)9/h2H2,1H3. The third-order valence-electron chi connectivity index (χ3n) is 0.973. The van der Waals surface area contributed by atoms with Gasteiger partial charge in [-0.3, -0.25) is 4.79 Å². The minimum absolute atomic E-state index is 0.262. The second-order valence-corrected chi connectivity index (χ2v) is 2.02. The fraction of sp³-hybridized carbons (Fsp3) is 0.500. The molecule has 0 aliphatic carbocycles. The van der Waals surface area contributed by atoms with Crippen LogP contribution in [0.25, 0.3) is 0 Å². The molecule has 0 aliphatic rings. The van der Waals surface area contributed by atoms with E-state index < -0.39 is 23.9 Å². The van der Waals surface area contributed by atoms with E-state index in [1.165, 1.54) is 6.92 Å². The Kier molecular flexibility index (Phi) is 4.06. The van der Waals surface area contributed by atoms with Crippen LogP contribution in [-0.4, -0.2) is 23.9 Å². The van der Waals surface area contributed by atoms with Gasteiger partial charge in [0.15, 0.2) is 0 Å². The molecule has 0 heterocycles. The maximum Gasteiger partial charge on any atom is 0.495 e. The van der Waals surface area contributed by atoms with Crippen molar-refractivity contribution in [3.05, 3.63) is 0 Å². The monoisotopic (exact) mass is 214 g/mol. The molecule has 0 aliphatic heterocycles. The van der Waals surface area contributed by atoms with Crippen molar-refractivity contribution >= 4 is 17.7 Å². The highest BCUT2D eigenvalue weighted by molar-refractivity contribution is 6.33. The molecule has 0 amide bonds. The summed E-state index contributed by atoms with van der Waals surface area (Å²) < 4.78 is 34.3. The van der Waals surface area contributed by atoms with Crippen molar-refractivity contribution in [1.29, 1.82) is 0 Å². The number of hydrogen-bond donors (Lipinski definition) is 0. The lowest BCUT2D eigenvalue weighted by atomic mass is 10.3. The maximum absolute atomic E-state index is 11.4. The summed E-state index contributed by atoms with van der Waals surface area (Å²) in [5, 5.41) is 0. The smallest absolute Gasteiger partial charge is 0.287 e. The number of carbonyl (C=O) groups excluding carboxylic acids is 3. The van der Waals surface area contributed by atoms with Crippen molar-refractivity contribution in [2.45, 2.75) is 19.5 Å². The lowest BCUT2D eigenvalue weighted by molar-refractivity contribution is -0.283. The van der Waals surface area contributed by atoms with Crippen LogP contribution in [0.4, 0.5) is 13.2 Å². The van der Waals surface area contributed by atoms with Gasteiger partial charge in [-0.1, -0.05) is 6.92 Å². The number of alkyl halides is 3. The fourth-order valence-corrected chi connectivity index (χ4v) is 0.314. The summed E-state index contributed by atoms with van der Waals surface area (Å²) in [4.78, 5) is 37.1. The van der Waals surface area contributed by atoms with E-state index in [-0.39, 0.29) is 6.42 Å². The summed E-state index contributed by atoms with van der Waals surface area (Å²) in [5.74, 6) is -5.44. The zero-order valence-corrected chi connectivity index (χ0v) is 6.88. The molecule has 8 heteroatoms. The lowest BCUT2D eigenvalue weighted by Crippen LogP contribution is -2.28. The SMILES string of the molecule is CCC(=O)C(=O)OOC(=O)C(F)(F)F. The Hall–Kier alpha value is -1.60. The van der Waals surface area contributed by atoms with Gasteiger partial charge in [0.2, 0.25) is 5.78 Å². The van der Waals surface area contributed by atoms with Gasteiger partial charge in [0.25, 0.3) is 0 Å². The number of hydrogen-bond acceptors (Lipinski definition) is 5. The van der Waals surface area contributed by atoms with Crippen LogP contribution in [0.2, 0.25) is 0 Å². The van der Waals surface area contributed by atoms with Crippen LogP contribution >= 0.6 is 0 Å². The molecule has 0 fully saturated rings. The predicted molar refractivity (Wildman–Crippen MR) is 33.5 cm³/mol. The van der Waals surface area contributed by atoms with E-state index in [4.69, 9.17) is 0 Å². The van der Waals surface area contributed by atoms with Crippen molar-refractivity contribution in [2.75, 3.05) is 0 Å². The molecular weight excluding hydrogens is 209 g/mol. The number of halogens is 3. The molecule has 0 radical (unpaired) electrons. The largest absolute Gasteiger partial charge is 0.495 e. The Bertz CT molecular complexity index is 257. The van der Waals surface area contributed by atoms with E-state index in [0.717, 1.165) is 0 Å². The third kappa shape index (κ3) is 3.87. The summed E-state index contributed by atoms with van der Waals surface area (Å²) in [5.41, 5.74) is 0. The van der Waals surface area contributed by atoms with Crippen molar-refractivity contribution < 1.29 is 37.3 Å². The normalized spacial score (nSPS) is 10.6. The van der Waals surface area contributed by atoms with Crippen LogP contribution in [0.3, 0.4) is 0 Å². The van der Waals surface area contributed by atoms with Crippen LogP contribution in [-0.2, 0) is 24.2 Å². The molecule has 0 saturated carbocycles. The highest BCUT2D eigenvalue weighted by Crippen LogP contribution is 2.16. The molecule has 14 heavy (non-hydrogen) atoms. The van der Waals surface area contributed by atoms with Crippen LogP contribution in [0.5, 0.6) is 0 Å². The van der Waals surface area contributed by atoms with Crippen LogP contribution in [0.1, 0.15) is 13.3 Å². The van der Waals surface area contributed by atoms with Gasteiger partial charge in [0, 0.05) is 6.42 Å². The average Bonchev–Trinajstić information content (AvgIpc) is 2.10. The molecule has 0 unspecified atom stereocenters. The van der Waals surface area contributed by atoms with Gasteiger partial charge in [-0.15, -0.1) is 0 Å². The first kappa shape index (κ1) is 12.4. The Balaban J connectivity index is 4.03. The number of rotatable bonds is 2. The minimum Gasteiger partial charge on any atom is -0.287 e. The summed E-state index contributed by atoms with van der Waals surface area (Å²) in [6.45, 7) is 1.29.